The Hall–Kier alpha value is -2.04. The Labute approximate surface area is 112 Å². The van der Waals surface area contributed by atoms with Crippen LogP contribution < -0.4 is 5.32 Å². The minimum absolute atomic E-state index is 0.0129. The maximum Gasteiger partial charge on any atom is 0.407 e. The van der Waals surface area contributed by atoms with Crippen LogP contribution in [0.25, 0.3) is 0 Å². The fourth-order valence-corrected chi connectivity index (χ4v) is 2.15. The molecule has 0 atom stereocenters. The summed E-state index contributed by atoms with van der Waals surface area (Å²) in [5.74, 6) is -0.0810. The van der Waals surface area contributed by atoms with Gasteiger partial charge in [0.15, 0.2) is 0 Å². The molecule has 0 spiro atoms. The molecule has 1 N–H and O–H groups in total. The SMILES string of the molecule is CCOC(=O)NCC(=O)N1CCc2ccccc2C1. The van der Waals surface area contributed by atoms with Crippen LogP contribution >= 0.6 is 0 Å². The van der Waals surface area contributed by atoms with E-state index < -0.39 is 6.09 Å². The number of alkyl carbamates (subject to hydrolysis) is 1. The van der Waals surface area contributed by atoms with Crippen LogP contribution in [0.3, 0.4) is 0 Å². The van der Waals surface area contributed by atoms with Crippen molar-refractivity contribution in [3.63, 3.8) is 0 Å². The third kappa shape index (κ3) is 3.47. The Bertz CT molecular complexity index is 474. The quantitative estimate of drug-likeness (QED) is 0.893. The second-order valence-corrected chi connectivity index (χ2v) is 4.41. The van der Waals surface area contributed by atoms with Gasteiger partial charge in [0.2, 0.25) is 5.91 Å². The van der Waals surface area contributed by atoms with Crippen molar-refractivity contribution < 1.29 is 14.3 Å². The van der Waals surface area contributed by atoms with Crippen LogP contribution in [-0.4, -0.2) is 36.6 Å². The summed E-state index contributed by atoms with van der Waals surface area (Å²) in [7, 11) is 0. The summed E-state index contributed by atoms with van der Waals surface area (Å²) in [6.45, 7) is 3.32. The highest BCUT2D eigenvalue weighted by molar-refractivity contribution is 5.82. The lowest BCUT2D eigenvalue weighted by molar-refractivity contribution is -0.131. The molecular formula is C14H18N2O3. The minimum Gasteiger partial charge on any atom is -0.450 e. The predicted molar refractivity (Wildman–Crippen MR) is 70.6 cm³/mol. The second kappa shape index (κ2) is 6.22. The molecule has 0 unspecified atom stereocenters. The maximum absolute atomic E-state index is 12.0. The number of hydrogen-bond donors (Lipinski definition) is 1. The monoisotopic (exact) mass is 262 g/mol. The summed E-state index contributed by atoms with van der Waals surface area (Å²) < 4.78 is 4.72. The smallest absolute Gasteiger partial charge is 0.407 e. The zero-order valence-corrected chi connectivity index (χ0v) is 11.0. The van der Waals surface area contributed by atoms with E-state index in [-0.39, 0.29) is 12.5 Å². The average molecular weight is 262 g/mol. The molecule has 5 nitrogen and oxygen atoms in total. The van der Waals surface area contributed by atoms with Crippen molar-refractivity contribution in [2.75, 3.05) is 19.7 Å². The molecule has 1 aromatic rings. The van der Waals surface area contributed by atoms with Crippen molar-refractivity contribution in [3.05, 3.63) is 35.4 Å². The average Bonchev–Trinajstić information content (AvgIpc) is 2.44. The molecule has 1 aliphatic heterocycles. The molecule has 102 valence electrons. The number of amides is 2. The van der Waals surface area contributed by atoms with Gasteiger partial charge >= 0.3 is 6.09 Å². The van der Waals surface area contributed by atoms with Crippen molar-refractivity contribution in [3.8, 4) is 0 Å². The highest BCUT2D eigenvalue weighted by Crippen LogP contribution is 2.18. The number of ether oxygens (including phenoxy) is 1. The number of carbonyl (C=O) groups excluding carboxylic acids is 2. The van der Waals surface area contributed by atoms with Gasteiger partial charge in [-0.15, -0.1) is 0 Å². The first-order valence-corrected chi connectivity index (χ1v) is 6.46. The number of rotatable bonds is 3. The lowest BCUT2D eigenvalue weighted by atomic mass is 10.00. The number of carbonyl (C=O) groups is 2. The molecule has 0 bridgehead atoms. The van der Waals surface area contributed by atoms with Crippen molar-refractivity contribution in [2.24, 2.45) is 0 Å². The first-order chi connectivity index (χ1) is 9.20. The van der Waals surface area contributed by atoms with Gasteiger partial charge in [-0.05, 0) is 24.5 Å². The van der Waals surface area contributed by atoms with Crippen LogP contribution in [-0.2, 0) is 22.5 Å². The summed E-state index contributed by atoms with van der Waals surface area (Å²) in [6.07, 6.45) is 0.315. The number of benzene rings is 1. The van der Waals surface area contributed by atoms with E-state index in [9.17, 15) is 9.59 Å². The minimum atomic E-state index is -0.548. The Balaban J connectivity index is 1.87. The molecule has 1 aromatic carbocycles. The standard InChI is InChI=1S/C14H18N2O3/c1-2-19-14(18)15-9-13(17)16-8-7-11-5-3-4-6-12(11)10-16/h3-6H,2,7-10H2,1H3,(H,15,18). The third-order valence-corrected chi connectivity index (χ3v) is 3.14. The molecule has 0 radical (unpaired) electrons. The first kappa shape index (κ1) is 13.4. The zero-order chi connectivity index (χ0) is 13.7. The van der Waals surface area contributed by atoms with Crippen molar-refractivity contribution in [2.45, 2.75) is 19.9 Å². The van der Waals surface area contributed by atoms with Gasteiger partial charge in [-0.3, -0.25) is 4.79 Å². The topological polar surface area (TPSA) is 58.6 Å². The van der Waals surface area contributed by atoms with Crippen LogP contribution in [0.4, 0.5) is 4.79 Å². The van der Waals surface area contributed by atoms with E-state index in [1.165, 1.54) is 11.1 Å². The van der Waals surface area contributed by atoms with E-state index in [4.69, 9.17) is 4.74 Å². The van der Waals surface area contributed by atoms with Gasteiger partial charge in [0.25, 0.3) is 0 Å². The Morgan fingerprint density at radius 3 is 2.79 bits per heavy atom. The molecule has 2 rings (SSSR count). The molecule has 19 heavy (non-hydrogen) atoms. The van der Waals surface area contributed by atoms with E-state index >= 15 is 0 Å². The van der Waals surface area contributed by atoms with Gasteiger partial charge in [0.05, 0.1) is 6.61 Å². The van der Waals surface area contributed by atoms with Gasteiger partial charge in [0.1, 0.15) is 6.54 Å². The summed E-state index contributed by atoms with van der Waals surface area (Å²) in [5.41, 5.74) is 2.48. The molecule has 0 saturated carbocycles. The molecule has 0 fully saturated rings. The van der Waals surface area contributed by atoms with Crippen molar-refractivity contribution >= 4 is 12.0 Å². The molecule has 0 saturated heterocycles. The lowest BCUT2D eigenvalue weighted by Crippen LogP contribution is -2.42. The molecule has 5 heteroatoms. The van der Waals surface area contributed by atoms with Gasteiger partial charge in [-0.2, -0.15) is 0 Å². The largest absolute Gasteiger partial charge is 0.450 e. The van der Waals surface area contributed by atoms with Crippen LogP contribution in [0, 0.1) is 0 Å². The van der Waals surface area contributed by atoms with E-state index in [2.05, 4.69) is 11.4 Å². The number of nitrogens with one attached hydrogen (secondary N) is 1. The molecule has 0 aliphatic carbocycles. The Morgan fingerprint density at radius 2 is 2.05 bits per heavy atom. The summed E-state index contributed by atoms with van der Waals surface area (Å²) in [5, 5.41) is 2.45. The van der Waals surface area contributed by atoms with Gasteiger partial charge < -0.3 is 15.0 Å². The number of nitrogens with zero attached hydrogens (tertiary/aromatic N) is 1. The molecular weight excluding hydrogens is 244 g/mol. The maximum atomic E-state index is 12.0. The second-order valence-electron chi connectivity index (χ2n) is 4.41. The molecule has 0 aromatic heterocycles. The van der Waals surface area contributed by atoms with E-state index in [0.29, 0.717) is 19.7 Å². The van der Waals surface area contributed by atoms with Crippen molar-refractivity contribution in [1.29, 1.82) is 0 Å². The van der Waals surface area contributed by atoms with E-state index in [0.717, 1.165) is 6.42 Å². The van der Waals surface area contributed by atoms with E-state index in [1.54, 1.807) is 11.8 Å². The lowest BCUT2D eigenvalue weighted by Gasteiger charge is -2.28. The summed E-state index contributed by atoms with van der Waals surface area (Å²) >= 11 is 0. The van der Waals surface area contributed by atoms with Crippen LogP contribution in [0.15, 0.2) is 24.3 Å². The normalized spacial score (nSPS) is 13.6. The summed E-state index contributed by atoms with van der Waals surface area (Å²) in [6, 6.07) is 8.11. The van der Waals surface area contributed by atoms with Crippen molar-refractivity contribution in [1.82, 2.24) is 10.2 Å². The van der Waals surface area contributed by atoms with Gasteiger partial charge in [-0.25, -0.2) is 4.79 Å². The molecule has 2 amide bonds. The Morgan fingerprint density at radius 1 is 1.32 bits per heavy atom. The van der Waals surface area contributed by atoms with Crippen LogP contribution in [0.1, 0.15) is 18.1 Å². The fourth-order valence-electron chi connectivity index (χ4n) is 2.15. The van der Waals surface area contributed by atoms with E-state index in [1.807, 2.05) is 18.2 Å². The predicted octanol–water partition coefficient (Wildman–Crippen LogP) is 1.32. The van der Waals surface area contributed by atoms with Crippen LogP contribution in [0.5, 0.6) is 0 Å². The highest BCUT2D eigenvalue weighted by atomic mass is 16.5. The first-order valence-electron chi connectivity index (χ1n) is 6.46. The number of hydrogen-bond acceptors (Lipinski definition) is 3. The number of fused-ring (bicyclic) bond motifs is 1. The Kier molecular flexibility index (Phi) is 4.39. The fraction of sp³-hybridized carbons (Fsp3) is 0.429. The van der Waals surface area contributed by atoms with Crippen LogP contribution in [0.2, 0.25) is 0 Å². The zero-order valence-electron chi connectivity index (χ0n) is 11.0. The highest BCUT2D eigenvalue weighted by Gasteiger charge is 2.20. The molecule has 1 aliphatic rings. The van der Waals surface area contributed by atoms with Gasteiger partial charge in [0, 0.05) is 13.1 Å². The summed E-state index contributed by atoms with van der Waals surface area (Å²) in [4.78, 5) is 24.9. The third-order valence-electron chi connectivity index (χ3n) is 3.14. The van der Waals surface area contributed by atoms with Gasteiger partial charge in [-0.1, -0.05) is 24.3 Å². The molecule has 1 heterocycles.